The maximum Gasteiger partial charge on any atom is 0.0876 e. The Kier molecular flexibility index (Phi) is 9.13. The zero-order valence-corrected chi connectivity index (χ0v) is 12.1. The van der Waals surface area contributed by atoms with Crippen LogP contribution in [0.25, 0.3) is 0 Å². The van der Waals surface area contributed by atoms with Crippen LogP contribution in [0.4, 0.5) is 0 Å². The summed E-state index contributed by atoms with van der Waals surface area (Å²) < 4.78 is 0. The van der Waals surface area contributed by atoms with E-state index < -0.39 is 0 Å². The van der Waals surface area contributed by atoms with Gasteiger partial charge in [0.15, 0.2) is 0 Å². The van der Waals surface area contributed by atoms with Gasteiger partial charge in [-0.05, 0) is 49.3 Å². The number of hydrogen-bond acceptors (Lipinski definition) is 4. The average Bonchev–Trinajstić information content (AvgIpc) is 2.83. The van der Waals surface area contributed by atoms with Gasteiger partial charge in [-0.3, -0.25) is 0 Å². The second-order valence-electron chi connectivity index (χ2n) is 3.69. The van der Waals surface area contributed by atoms with E-state index in [0.29, 0.717) is 0 Å². The lowest BCUT2D eigenvalue weighted by Gasteiger charge is -2.17. The molecule has 1 aromatic heterocycles. The first-order valence-corrected chi connectivity index (χ1v) is 6.71. The van der Waals surface area contributed by atoms with Crippen LogP contribution in [0.15, 0.2) is 22.0 Å². The maximum absolute atomic E-state index is 8.96. The molecule has 17 heavy (non-hydrogen) atoms. The molecular formula is C12H21ClN2OS. The Bertz CT molecular complexity index is 310. The van der Waals surface area contributed by atoms with Gasteiger partial charge in [0.05, 0.1) is 5.71 Å². The number of oxime groups is 1. The van der Waals surface area contributed by atoms with E-state index in [-0.39, 0.29) is 12.4 Å². The summed E-state index contributed by atoms with van der Waals surface area (Å²) >= 11 is 1.63. The van der Waals surface area contributed by atoms with Crippen molar-refractivity contribution in [3.8, 4) is 0 Å². The van der Waals surface area contributed by atoms with Gasteiger partial charge in [0.25, 0.3) is 0 Å². The van der Waals surface area contributed by atoms with Gasteiger partial charge in [-0.1, -0.05) is 19.0 Å². The van der Waals surface area contributed by atoms with Gasteiger partial charge >= 0.3 is 0 Å². The molecule has 1 N–H and O–H groups in total. The van der Waals surface area contributed by atoms with E-state index in [9.17, 15) is 0 Å². The fraction of sp³-hybridized carbons (Fsp3) is 0.583. The van der Waals surface area contributed by atoms with Crippen LogP contribution < -0.4 is 0 Å². The topological polar surface area (TPSA) is 35.8 Å². The van der Waals surface area contributed by atoms with Crippen LogP contribution in [-0.2, 0) is 0 Å². The lowest BCUT2D eigenvalue weighted by Crippen LogP contribution is -2.24. The largest absolute Gasteiger partial charge is 0.411 e. The van der Waals surface area contributed by atoms with Crippen molar-refractivity contribution in [1.82, 2.24) is 4.90 Å². The molecule has 0 unspecified atom stereocenters. The summed E-state index contributed by atoms with van der Waals surface area (Å²) in [6.07, 6.45) is 1.88. The normalized spacial score (nSPS) is 11.6. The monoisotopic (exact) mass is 276 g/mol. The first-order chi connectivity index (χ1) is 7.81. The van der Waals surface area contributed by atoms with E-state index >= 15 is 0 Å². The molecule has 1 heterocycles. The van der Waals surface area contributed by atoms with Gasteiger partial charge in [0.2, 0.25) is 0 Å². The molecule has 0 bridgehead atoms. The first kappa shape index (κ1) is 16.4. The molecule has 0 amide bonds. The summed E-state index contributed by atoms with van der Waals surface area (Å²) in [5, 5.41) is 16.4. The minimum atomic E-state index is 0. The minimum absolute atomic E-state index is 0. The van der Waals surface area contributed by atoms with Gasteiger partial charge in [0, 0.05) is 5.56 Å². The average molecular weight is 277 g/mol. The Morgan fingerprint density at radius 2 is 2.12 bits per heavy atom. The molecule has 0 saturated heterocycles. The van der Waals surface area contributed by atoms with Crippen LogP contribution in [0.5, 0.6) is 0 Å². The van der Waals surface area contributed by atoms with Crippen LogP contribution in [0.3, 0.4) is 0 Å². The number of hydrogen-bond donors (Lipinski definition) is 1. The summed E-state index contributed by atoms with van der Waals surface area (Å²) in [6, 6.07) is 2.00. The third kappa shape index (κ3) is 5.52. The van der Waals surface area contributed by atoms with Gasteiger partial charge in [-0.25, -0.2) is 0 Å². The van der Waals surface area contributed by atoms with E-state index in [2.05, 4.69) is 23.9 Å². The van der Waals surface area contributed by atoms with Crippen LogP contribution in [-0.4, -0.2) is 35.5 Å². The molecule has 0 fully saturated rings. The molecule has 0 aromatic carbocycles. The van der Waals surface area contributed by atoms with Crippen molar-refractivity contribution in [2.45, 2.75) is 26.7 Å². The van der Waals surface area contributed by atoms with Crippen LogP contribution >= 0.6 is 23.7 Å². The highest BCUT2D eigenvalue weighted by Gasteiger charge is 2.06. The quantitative estimate of drug-likeness (QED) is 0.470. The van der Waals surface area contributed by atoms with Gasteiger partial charge in [-0.2, -0.15) is 11.3 Å². The van der Waals surface area contributed by atoms with Crippen LogP contribution in [0.1, 0.15) is 32.3 Å². The molecule has 0 atom stereocenters. The summed E-state index contributed by atoms with van der Waals surface area (Å²) in [5.41, 5.74) is 1.85. The Labute approximate surface area is 114 Å². The molecule has 1 aromatic rings. The third-order valence-electron chi connectivity index (χ3n) is 2.76. The summed E-state index contributed by atoms with van der Waals surface area (Å²) in [4.78, 5) is 2.38. The molecule has 3 nitrogen and oxygen atoms in total. The summed E-state index contributed by atoms with van der Waals surface area (Å²) in [6.45, 7) is 7.57. The molecule has 0 saturated carbocycles. The zero-order valence-electron chi connectivity index (χ0n) is 10.4. The van der Waals surface area contributed by atoms with Gasteiger partial charge in [0.1, 0.15) is 0 Å². The van der Waals surface area contributed by atoms with Crippen molar-refractivity contribution in [3.63, 3.8) is 0 Å². The minimum Gasteiger partial charge on any atom is -0.411 e. The molecule has 1 rings (SSSR count). The summed E-state index contributed by atoms with van der Waals surface area (Å²) in [7, 11) is 0. The molecule has 0 radical (unpaired) electrons. The molecule has 0 aliphatic heterocycles. The second-order valence-corrected chi connectivity index (χ2v) is 4.47. The van der Waals surface area contributed by atoms with Crippen molar-refractivity contribution >= 4 is 29.5 Å². The Hall–Kier alpha value is -0.580. The predicted molar refractivity (Wildman–Crippen MR) is 76.9 cm³/mol. The number of rotatable bonds is 7. The lowest BCUT2D eigenvalue weighted by molar-refractivity contribution is 0.298. The van der Waals surface area contributed by atoms with Crippen molar-refractivity contribution in [2.24, 2.45) is 5.16 Å². The Morgan fingerprint density at radius 3 is 2.59 bits per heavy atom. The number of thiophene rings is 1. The predicted octanol–water partition coefficient (Wildman–Crippen LogP) is 3.47. The van der Waals surface area contributed by atoms with E-state index in [1.54, 1.807) is 11.3 Å². The molecule has 0 spiro atoms. The van der Waals surface area contributed by atoms with E-state index in [4.69, 9.17) is 5.21 Å². The highest BCUT2D eigenvalue weighted by atomic mass is 35.5. The van der Waals surface area contributed by atoms with Crippen molar-refractivity contribution in [2.75, 3.05) is 19.6 Å². The van der Waals surface area contributed by atoms with E-state index in [1.165, 1.54) is 0 Å². The van der Waals surface area contributed by atoms with E-state index in [0.717, 1.165) is 43.8 Å². The van der Waals surface area contributed by atoms with Gasteiger partial charge in [-0.15, -0.1) is 12.4 Å². The van der Waals surface area contributed by atoms with Crippen LogP contribution in [0.2, 0.25) is 0 Å². The molecule has 0 aliphatic rings. The Morgan fingerprint density at radius 1 is 1.41 bits per heavy atom. The summed E-state index contributed by atoms with van der Waals surface area (Å²) in [5.74, 6) is 0. The molecule has 5 heteroatoms. The smallest absolute Gasteiger partial charge is 0.0876 e. The zero-order chi connectivity index (χ0) is 11.8. The first-order valence-electron chi connectivity index (χ1n) is 5.77. The Balaban J connectivity index is 0.00000256. The van der Waals surface area contributed by atoms with E-state index in [1.807, 2.05) is 16.8 Å². The fourth-order valence-electron chi connectivity index (χ4n) is 1.69. The van der Waals surface area contributed by atoms with Crippen molar-refractivity contribution in [1.29, 1.82) is 0 Å². The molecular weight excluding hydrogens is 256 g/mol. The fourth-order valence-corrected chi connectivity index (χ4v) is 2.36. The SMILES string of the molecule is CCN(CC)CCC/C(=N\O)c1ccsc1.Cl. The highest BCUT2D eigenvalue weighted by Crippen LogP contribution is 2.11. The maximum atomic E-state index is 8.96. The standard InChI is InChI=1S/C12H20N2OS.ClH/c1-3-14(4-2)8-5-6-12(13-15)11-7-9-16-10-11;/h7,9-10,15H,3-6,8H2,1-2H3;1H/b13-12+;. The second kappa shape index (κ2) is 9.45. The van der Waals surface area contributed by atoms with Gasteiger partial charge < -0.3 is 10.1 Å². The molecule has 98 valence electrons. The highest BCUT2D eigenvalue weighted by molar-refractivity contribution is 7.08. The lowest BCUT2D eigenvalue weighted by atomic mass is 10.1. The molecule has 0 aliphatic carbocycles. The number of nitrogens with zero attached hydrogens (tertiary/aromatic N) is 2. The van der Waals surface area contributed by atoms with Crippen molar-refractivity contribution in [3.05, 3.63) is 22.4 Å². The van der Waals surface area contributed by atoms with Crippen LogP contribution in [0, 0.1) is 0 Å². The number of halogens is 1. The third-order valence-corrected chi connectivity index (χ3v) is 3.44. The van der Waals surface area contributed by atoms with Crippen molar-refractivity contribution < 1.29 is 5.21 Å².